The second kappa shape index (κ2) is 13.4. The molecule has 0 fully saturated rings. The molecule has 0 aliphatic carbocycles. The second-order valence-electron chi connectivity index (χ2n) is 9.71. The summed E-state index contributed by atoms with van der Waals surface area (Å²) in [4.78, 5) is 32.3. The molecule has 0 radical (unpaired) electrons. The first-order valence-electron chi connectivity index (χ1n) is 13.7. The van der Waals surface area contributed by atoms with Gasteiger partial charge in [0.2, 0.25) is 0 Å². The average Bonchev–Trinajstić information content (AvgIpc) is 3.33. The number of benzene rings is 3. The van der Waals surface area contributed by atoms with Crippen molar-refractivity contribution in [3.05, 3.63) is 113 Å². The quantitative estimate of drug-likeness (QED) is 0.225. The van der Waals surface area contributed by atoms with Gasteiger partial charge in [0, 0.05) is 10.6 Å². The molecule has 0 amide bonds. The summed E-state index contributed by atoms with van der Waals surface area (Å²) in [6.07, 6.45) is 1.76. The van der Waals surface area contributed by atoms with E-state index < -0.39 is 12.0 Å². The van der Waals surface area contributed by atoms with Gasteiger partial charge >= 0.3 is 5.97 Å². The molecule has 9 nitrogen and oxygen atoms in total. The minimum absolute atomic E-state index is 0.179. The lowest BCUT2D eigenvalue weighted by Crippen LogP contribution is -2.39. The molecule has 4 aromatic rings. The van der Waals surface area contributed by atoms with E-state index in [1.165, 1.54) is 23.0 Å². The number of ether oxygens (including phenoxy) is 5. The molecule has 11 heteroatoms. The Morgan fingerprint density at radius 1 is 0.977 bits per heavy atom. The largest absolute Gasteiger partial charge is 0.493 e. The van der Waals surface area contributed by atoms with Crippen LogP contribution in [0, 0.1) is 0 Å². The maximum absolute atomic E-state index is 14.0. The highest BCUT2D eigenvalue weighted by Gasteiger charge is 2.34. The first-order chi connectivity index (χ1) is 21.3. The van der Waals surface area contributed by atoms with E-state index in [9.17, 15) is 9.59 Å². The van der Waals surface area contributed by atoms with Crippen LogP contribution in [0.25, 0.3) is 6.08 Å². The lowest BCUT2D eigenvalue weighted by Gasteiger charge is -2.25. The van der Waals surface area contributed by atoms with Gasteiger partial charge in [-0.2, -0.15) is 0 Å². The van der Waals surface area contributed by atoms with E-state index in [1.807, 2.05) is 30.3 Å². The second-order valence-corrected chi connectivity index (χ2v) is 11.1. The van der Waals surface area contributed by atoms with Crippen LogP contribution in [0.3, 0.4) is 0 Å². The zero-order valence-corrected chi connectivity index (χ0v) is 26.5. The van der Waals surface area contributed by atoms with E-state index in [0.717, 1.165) is 11.1 Å². The van der Waals surface area contributed by atoms with Crippen LogP contribution in [0.15, 0.2) is 81.7 Å². The molecule has 2 heterocycles. The maximum atomic E-state index is 14.0. The van der Waals surface area contributed by atoms with Crippen molar-refractivity contribution in [2.45, 2.75) is 26.5 Å². The number of rotatable bonds is 10. The molecule has 0 unspecified atom stereocenters. The number of hydrogen-bond donors (Lipinski definition) is 0. The molecule has 1 atom stereocenters. The Balaban J connectivity index is 1.57. The van der Waals surface area contributed by atoms with Gasteiger partial charge in [0.15, 0.2) is 27.8 Å². The molecule has 0 saturated carbocycles. The molecular weight excluding hydrogens is 604 g/mol. The van der Waals surface area contributed by atoms with Gasteiger partial charge in [0.25, 0.3) is 5.56 Å². The van der Waals surface area contributed by atoms with Gasteiger partial charge in [0.05, 0.1) is 49.8 Å². The third-order valence-electron chi connectivity index (χ3n) is 7.07. The van der Waals surface area contributed by atoms with Gasteiger partial charge in [-0.25, -0.2) is 9.79 Å². The van der Waals surface area contributed by atoms with E-state index in [4.69, 9.17) is 35.3 Å². The molecule has 0 N–H and O–H groups in total. The summed E-state index contributed by atoms with van der Waals surface area (Å²) < 4.78 is 29.8. The van der Waals surface area contributed by atoms with E-state index >= 15 is 0 Å². The summed E-state index contributed by atoms with van der Waals surface area (Å²) in [6, 6.07) is 17.4. The molecule has 3 aromatic carbocycles. The normalized spacial score (nSPS) is 14.5. The van der Waals surface area contributed by atoms with Crippen molar-refractivity contribution in [3.63, 3.8) is 0 Å². The van der Waals surface area contributed by atoms with Crippen LogP contribution in [-0.2, 0) is 16.1 Å². The lowest BCUT2D eigenvalue weighted by atomic mass is 9.95. The highest BCUT2D eigenvalue weighted by atomic mass is 35.5. The Bertz CT molecular complexity index is 1930. The highest BCUT2D eigenvalue weighted by Crippen LogP contribution is 2.36. The van der Waals surface area contributed by atoms with Crippen molar-refractivity contribution in [1.82, 2.24) is 4.57 Å². The molecule has 1 aromatic heterocycles. The number of halogens is 1. The predicted octanol–water partition coefficient (Wildman–Crippen LogP) is 5.06. The van der Waals surface area contributed by atoms with Crippen LogP contribution in [0.1, 0.15) is 36.6 Å². The van der Waals surface area contributed by atoms with Gasteiger partial charge < -0.3 is 23.7 Å². The summed E-state index contributed by atoms with van der Waals surface area (Å²) >= 11 is 7.50. The SMILES string of the molecule is CCOC(=O)C1=C(C)N=c2s/c(=C/c3ccc(OCc4ccccc4Cl)c(OC)c3)c(=O)n2[C@H]1c1ccc(OC)c(OC)c1. The van der Waals surface area contributed by atoms with Gasteiger partial charge in [-0.1, -0.05) is 53.3 Å². The van der Waals surface area contributed by atoms with Crippen molar-refractivity contribution >= 4 is 35.0 Å². The summed E-state index contributed by atoms with van der Waals surface area (Å²) in [5.41, 5.74) is 2.66. The first-order valence-corrected chi connectivity index (χ1v) is 14.9. The van der Waals surface area contributed by atoms with E-state index in [1.54, 1.807) is 64.5 Å². The molecule has 5 rings (SSSR count). The number of aromatic nitrogens is 1. The zero-order valence-electron chi connectivity index (χ0n) is 24.9. The number of methoxy groups -OCH3 is 3. The summed E-state index contributed by atoms with van der Waals surface area (Å²) in [5.74, 6) is 1.49. The highest BCUT2D eigenvalue weighted by molar-refractivity contribution is 7.07. The monoisotopic (exact) mass is 634 g/mol. The lowest BCUT2D eigenvalue weighted by molar-refractivity contribution is -0.139. The zero-order chi connectivity index (χ0) is 31.4. The van der Waals surface area contributed by atoms with Gasteiger partial charge in [0.1, 0.15) is 6.61 Å². The topological polar surface area (TPSA) is 97.6 Å². The van der Waals surface area contributed by atoms with Crippen LogP contribution >= 0.6 is 22.9 Å². The summed E-state index contributed by atoms with van der Waals surface area (Å²) in [6.45, 7) is 3.92. The van der Waals surface area contributed by atoms with Crippen molar-refractivity contribution in [3.8, 4) is 23.0 Å². The number of thiazole rings is 1. The summed E-state index contributed by atoms with van der Waals surface area (Å²) in [7, 11) is 4.63. The minimum Gasteiger partial charge on any atom is -0.493 e. The Morgan fingerprint density at radius 2 is 1.68 bits per heavy atom. The molecule has 228 valence electrons. The Hall–Kier alpha value is -4.54. The Morgan fingerprint density at radius 3 is 2.39 bits per heavy atom. The molecule has 1 aliphatic rings. The third-order valence-corrected chi connectivity index (χ3v) is 8.42. The fourth-order valence-corrected chi connectivity index (χ4v) is 6.18. The molecular formula is C33H31ClN2O7S. The Kier molecular flexibility index (Phi) is 9.41. The fraction of sp³-hybridized carbons (Fsp3) is 0.242. The van der Waals surface area contributed by atoms with E-state index in [2.05, 4.69) is 4.99 Å². The van der Waals surface area contributed by atoms with Gasteiger partial charge in [-0.05, 0) is 61.4 Å². The van der Waals surface area contributed by atoms with Gasteiger partial charge in [-0.3, -0.25) is 9.36 Å². The third kappa shape index (κ3) is 6.09. The van der Waals surface area contributed by atoms with Crippen LogP contribution in [-0.4, -0.2) is 38.5 Å². The molecule has 0 bridgehead atoms. The Labute approximate surface area is 263 Å². The molecule has 0 saturated heterocycles. The number of carbonyl (C=O) groups is 1. The standard InChI is InChI=1S/C33H31ClN2O7S/c1-6-42-32(38)29-19(2)35-33-36(30(29)21-12-14-24(39-3)27(17-21)41-5)31(37)28(44-33)16-20-11-13-25(26(15-20)40-4)43-18-22-9-7-8-10-23(22)34/h7-17,30H,6,18H2,1-5H3/b28-16+/t30-/m0/s1. The maximum Gasteiger partial charge on any atom is 0.338 e. The number of carbonyl (C=O) groups excluding carboxylic acids is 1. The van der Waals surface area contributed by atoms with E-state index in [0.29, 0.717) is 48.6 Å². The van der Waals surface area contributed by atoms with Crippen LogP contribution < -0.4 is 33.8 Å². The number of fused-ring (bicyclic) bond motifs is 1. The van der Waals surface area contributed by atoms with Crippen LogP contribution in [0.4, 0.5) is 0 Å². The van der Waals surface area contributed by atoms with Crippen LogP contribution in [0.5, 0.6) is 23.0 Å². The number of hydrogen-bond acceptors (Lipinski definition) is 9. The smallest absolute Gasteiger partial charge is 0.338 e. The van der Waals surface area contributed by atoms with Crippen molar-refractivity contribution < 1.29 is 28.5 Å². The van der Waals surface area contributed by atoms with Crippen molar-refractivity contribution in [2.75, 3.05) is 27.9 Å². The number of nitrogens with zero attached hydrogens (tertiary/aromatic N) is 2. The molecule has 1 aliphatic heterocycles. The fourth-order valence-electron chi connectivity index (χ4n) is 4.95. The number of esters is 1. The average molecular weight is 635 g/mol. The minimum atomic E-state index is -0.789. The van der Waals surface area contributed by atoms with Crippen molar-refractivity contribution in [1.29, 1.82) is 0 Å². The molecule has 44 heavy (non-hydrogen) atoms. The van der Waals surface area contributed by atoms with Crippen LogP contribution in [0.2, 0.25) is 5.02 Å². The summed E-state index contributed by atoms with van der Waals surface area (Å²) in [5, 5.41) is 0.617. The van der Waals surface area contributed by atoms with E-state index in [-0.39, 0.29) is 24.3 Å². The molecule has 0 spiro atoms. The first kappa shape index (κ1) is 30.9. The van der Waals surface area contributed by atoms with Gasteiger partial charge in [-0.15, -0.1) is 0 Å². The van der Waals surface area contributed by atoms with Crippen molar-refractivity contribution in [2.24, 2.45) is 4.99 Å². The predicted molar refractivity (Wildman–Crippen MR) is 169 cm³/mol. The number of allylic oxidation sites excluding steroid dienone is 1.